The Balaban J connectivity index is 1.93. The van der Waals surface area contributed by atoms with Crippen molar-refractivity contribution in [2.24, 2.45) is 23.7 Å². The molecule has 3 heterocycles. The first-order valence-corrected chi connectivity index (χ1v) is 19.4. The molecule has 2 aromatic carbocycles. The Morgan fingerprint density at radius 3 is 2.28 bits per heavy atom. The molecule has 318 valence electrons. The largest absolute Gasteiger partial charge is 0.507 e. The SMILES string of the molecule is CCCN(C)C(=O)COc1cc2c(O)c3c(O)c(C)c4c(c13)C(=O)[C@@](C)(O/C=C/[C@H](OC)[C@@H](C)[C@@H](OC(C)=O)[C@H](C)[C@H](O)[C@H](C)[C@@H](O)[C@@H](C)/C=C/C=C(/C)C(=O)N2)O4. The van der Waals surface area contributed by atoms with Gasteiger partial charge in [-0.05, 0) is 26.3 Å². The fourth-order valence-corrected chi connectivity index (χ4v) is 7.46. The number of ketones is 1. The van der Waals surface area contributed by atoms with E-state index in [2.05, 4.69) is 5.32 Å². The number of methoxy groups -OCH3 is 1. The van der Waals surface area contributed by atoms with Crippen molar-refractivity contribution >= 4 is 40.0 Å². The van der Waals surface area contributed by atoms with Gasteiger partial charge in [-0.25, -0.2) is 0 Å². The molecule has 2 amide bonds. The maximum absolute atomic E-state index is 14.4. The van der Waals surface area contributed by atoms with E-state index in [0.717, 1.165) is 0 Å². The molecule has 15 heteroatoms. The van der Waals surface area contributed by atoms with Crippen molar-refractivity contribution in [3.8, 4) is 23.0 Å². The highest BCUT2D eigenvalue weighted by atomic mass is 16.7. The summed E-state index contributed by atoms with van der Waals surface area (Å²) in [7, 11) is 3.05. The zero-order chi connectivity index (χ0) is 43.4. The lowest BCUT2D eigenvalue weighted by molar-refractivity contribution is -0.160. The molecule has 0 saturated carbocycles. The average molecular weight is 811 g/mol. The van der Waals surface area contributed by atoms with Crippen molar-refractivity contribution in [2.75, 3.05) is 32.6 Å². The number of allylic oxidation sites excluding steroid dienone is 2. The molecule has 0 aliphatic carbocycles. The Hall–Kier alpha value is -5.12. The number of hydrogen-bond acceptors (Lipinski definition) is 13. The molecule has 0 radical (unpaired) electrons. The highest BCUT2D eigenvalue weighted by molar-refractivity contribution is 6.21. The van der Waals surface area contributed by atoms with Crippen molar-refractivity contribution in [3.05, 3.63) is 53.3 Å². The number of hydrogen-bond donors (Lipinski definition) is 5. The summed E-state index contributed by atoms with van der Waals surface area (Å²) >= 11 is 0. The highest BCUT2D eigenvalue weighted by Gasteiger charge is 2.49. The number of esters is 1. The lowest BCUT2D eigenvalue weighted by Crippen LogP contribution is -2.46. The third-order valence-electron chi connectivity index (χ3n) is 11.2. The number of aromatic hydroxyl groups is 2. The van der Waals surface area contributed by atoms with Gasteiger partial charge in [-0.1, -0.05) is 52.8 Å². The van der Waals surface area contributed by atoms with E-state index in [1.54, 1.807) is 46.9 Å². The summed E-state index contributed by atoms with van der Waals surface area (Å²) in [5.41, 5.74) is -0.0111. The van der Waals surface area contributed by atoms with Crippen LogP contribution < -0.4 is 14.8 Å². The van der Waals surface area contributed by atoms with E-state index in [1.807, 2.05) is 6.92 Å². The van der Waals surface area contributed by atoms with Crippen molar-refractivity contribution in [3.63, 3.8) is 0 Å². The Bertz CT molecular complexity index is 1990. The van der Waals surface area contributed by atoms with E-state index in [-0.39, 0.29) is 50.6 Å². The van der Waals surface area contributed by atoms with Gasteiger partial charge in [0.2, 0.25) is 0 Å². The van der Waals surface area contributed by atoms with Gasteiger partial charge < -0.3 is 54.3 Å². The van der Waals surface area contributed by atoms with Crippen molar-refractivity contribution < 1.29 is 63.3 Å². The van der Waals surface area contributed by atoms with E-state index in [9.17, 15) is 39.6 Å². The van der Waals surface area contributed by atoms with Crippen LogP contribution in [0.2, 0.25) is 0 Å². The number of nitrogens with one attached hydrogen (secondary N) is 1. The van der Waals surface area contributed by atoms with Gasteiger partial charge in [-0.2, -0.15) is 0 Å². The van der Waals surface area contributed by atoms with Crippen LogP contribution in [0, 0.1) is 30.6 Å². The molecule has 2 aromatic rings. The molecular formula is C43H58N2O13. The Kier molecular flexibility index (Phi) is 14.6. The molecule has 58 heavy (non-hydrogen) atoms. The number of aliphatic hydroxyl groups is 2. The third kappa shape index (κ3) is 9.27. The number of ether oxygens (including phenoxy) is 5. The second-order valence-electron chi connectivity index (χ2n) is 15.5. The van der Waals surface area contributed by atoms with E-state index in [4.69, 9.17) is 23.7 Å². The number of likely N-dealkylation sites (N-methyl/N-ethyl adjacent to an activating group) is 1. The molecule has 5 rings (SSSR count). The molecule has 0 saturated heterocycles. The van der Waals surface area contributed by atoms with Crippen LogP contribution in [-0.2, 0) is 28.6 Å². The number of Topliss-reactive ketones (excluding diaryl/α,β-unsaturated/α-hetero) is 1. The third-order valence-corrected chi connectivity index (χ3v) is 11.2. The quantitative estimate of drug-likeness (QED) is 0.178. The van der Waals surface area contributed by atoms with Crippen LogP contribution in [0.3, 0.4) is 0 Å². The molecule has 0 spiro atoms. The molecule has 0 fully saturated rings. The fraction of sp³-hybridized carbons (Fsp3) is 0.535. The molecule has 3 aliphatic heterocycles. The lowest BCUT2D eigenvalue weighted by Gasteiger charge is -2.38. The predicted octanol–water partition coefficient (Wildman–Crippen LogP) is 5.30. The standard InChI is InChI=1S/C43H58N2O13/c1-12-17-45(10)31(47)20-55-30-19-28-38(51)33-32(30)34-40(26(7)37(33)50)58-43(9,41(34)52)56-18-16-29(54-11)23(4)39(57-27(8)46)25(6)36(49)24(5)35(48)21(2)14-13-15-22(3)42(53)44-28/h13-16,18-19,21,23-25,29,35-36,39,48-51H,12,17,20H2,1-11H3,(H,44,53)/b14-13+,18-16+,22-15-/t21-,23+,24+,25+,29-,35-,36+,39+,43-/m0/s1. The monoisotopic (exact) mass is 810 g/mol. The van der Waals surface area contributed by atoms with E-state index in [1.165, 1.54) is 64.2 Å². The fourth-order valence-electron chi connectivity index (χ4n) is 7.46. The second kappa shape index (κ2) is 18.6. The zero-order valence-electron chi connectivity index (χ0n) is 35.1. The van der Waals surface area contributed by atoms with Gasteiger partial charge in [0, 0.05) is 80.8 Å². The molecule has 0 unspecified atom stereocenters. The van der Waals surface area contributed by atoms with Crippen LogP contribution in [0.15, 0.2) is 42.2 Å². The van der Waals surface area contributed by atoms with E-state index >= 15 is 0 Å². The van der Waals surface area contributed by atoms with Gasteiger partial charge in [-0.3, -0.25) is 19.2 Å². The van der Waals surface area contributed by atoms with Crippen LogP contribution in [0.25, 0.3) is 10.8 Å². The zero-order valence-corrected chi connectivity index (χ0v) is 35.1. The minimum atomic E-state index is -2.02. The molecule has 5 N–H and O–H groups in total. The van der Waals surface area contributed by atoms with Gasteiger partial charge in [0.1, 0.15) is 23.4 Å². The van der Waals surface area contributed by atoms with Gasteiger partial charge >= 0.3 is 11.8 Å². The van der Waals surface area contributed by atoms with Gasteiger partial charge in [-0.15, -0.1) is 0 Å². The Morgan fingerprint density at radius 2 is 1.66 bits per heavy atom. The number of phenols is 2. The molecule has 0 aromatic heterocycles. The summed E-state index contributed by atoms with van der Waals surface area (Å²) in [6.45, 7) is 14.4. The van der Waals surface area contributed by atoms with Gasteiger partial charge in [0.05, 0.1) is 41.2 Å². The van der Waals surface area contributed by atoms with Crippen LogP contribution in [0.4, 0.5) is 5.69 Å². The number of carbonyl (C=O) groups is 4. The van der Waals surface area contributed by atoms with Gasteiger partial charge in [0.15, 0.2) is 12.4 Å². The Labute approximate surface area is 339 Å². The number of anilines is 1. The number of benzene rings is 2. The van der Waals surface area contributed by atoms with E-state index in [0.29, 0.717) is 13.0 Å². The first-order chi connectivity index (χ1) is 27.2. The van der Waals surface area contributed by atoms with Crippen molar-refractivity contribution in [1.82, 2.24) is 4.90 Å². The normalized spacial score (nSPS) is 30.1. The number of aliphatic hydroxyl groups excluding tert-OH is 2. The predicted molar refractivity (Wildman–Crippen MR) is 216 cm³/mol. The summed E-state index contributed by atoms with van der Waals surface area (Å²) in [5.74, 6) is -8.04. The molecular weight excluding hydrogens is 752 g/mol. The summed E-state index contributed by atoms with van der Waals surface area (Å²) in [5, 5.41) is 48.3. The number of carbonyl (C=O) groups excluding carboxylic acids is 4. The number of phenolic OH excluding ortho intramolecular Hbond substituents is 2. The van der Waals surface area contributed by atoms with Gasteiger partial charge in [0.25, 0.3) is 17.6 Å². The number of nitrogens with zero attached hydrogens (tertiary/aromatic N) is 1. The van der Waals surface area contributed by atoms with Crippen LogP contribution in [0.1, 0.15) is 77.7 Å². The van der Waals surface area contributed by atoms with Crippen molar-refractivity contribution in [2.45, 2.75) is 98.9 Å². The highest BCUT2D eigenvalue weighted by Crippen LogP contribution is 2.54. The lowest BCUT2D eigenvalue weighted by atomic mass is 9.78. The second-order valence-corrected chi connectivity index (χ2v) is 15.5. The minimum Gasteiger partial charge on any atom is -0.507 e. The van der Waals surface area contributed by atoms with Crippen molar-refractivity contribution in [1.29, 1.82) is 0 Å². The minimum absolute atomic E-state index is 0.0580. The summed E-state index contributed by atoms with van der Waals surface area (Å²) in [4.78, 5) is 54.8. The summed E-state index contributed by atoms with van der Waals surface area (Å²) in [6.07, 6.45) is 4.29. The summed E-state index contributed by atoms with van der Waals surface area (Å²) in [6, 6.07) is 1.26. The number of rotatable bonds is 7. The summed E-state index contributed by atoms with van der Waals surface area (Å²) < 4.78 is 29.6. The number of amides is 2. The number of fused-ring (bicyclic) bond motifs is 14. The first-order valence-electron chi connectivity index (χ1n) is 19.4. The molecule has 15 nitrogen and oxygen atoms in total. The topological polar surface area (TPSA) is 211 Å². The van der Waals surface area contributed by atoms with Crippen LogP contribution in [0.5, 0.6) is 23.0 Å². The molecule has 3 aliphatic rings. The average Bonchev–Trinajstić information content (AvgIpc) is 3.44. The van der Waals surface area contributed by atoms with Crippen LogP contribution in [-0.4, -0.2) is 106 Å². The maximum atomic E-state index is 14.4. The first kappa shape index (κ1) is 45.6. The Morgan fingerprint density at radius 1 is 0.983 bits per heavy atom. The van der Waals surface area contributed by atoms with E-state index < -0.39 is 89.6 Å². The molecule has 5 bridgehead atoms. The van der Waals surface area contributed by atoms with Crippen LogP contribution >= 0.6 is 0 Å². The maximum Gasteiger partial charge on any atom is 0.312 e. The smallest absolute Gasteiger partial charge is 0.312 e. The molecule has 9 atom stereocenters.